The summed E-state index contributed by atoms with van der Waals surface area (Å²) in [6, 6.07) is 14.4. The van der Waals surface area contributed by atoms with Crippen molar-refractivity contribution in [1.29, 1.82) is 0 Å². The Kier molecular flexibility index (Phi) is 7.60. The van der Waals surface area contributed by atoms with E-state index in [-0.39, 0.29) is 13.2 Å². The third-order valence-corrected chi connectivity index (χ3v) is 6.25. The van der Waals surface area contributed by atoms with Gasteiger partial charge in [0.1, 0.15) is 0 Å². The summed E-state index contributed by atoms with van der Waals surface area (Å²) >= 11 is 0. The lowest BCUT2D eigenvalue weighted by molar-refractivity contribution is 0.205. The average molecular weight is 390 g/mol. The van der Waals surface area contributed by atoms with Crippen LogP contribution in [0.25, 0.3) is 0 Å². The van der Waals surface area contributed by atoms with Crippen LogP contribution in [0.1, 0.15) is 36.3 Å². The van der Waals surface area contributed by atoms with Gasteiger partial charge in [0.2, 0.25) is 0 Å². The second-order valence-electron chi connectivity index (χ2n) is 6.11. The van der Waals surface area contributed by atoms with Gasteiger partial charge in [-0.05, 0) is 50.5 Å². The van der Waals surface area contributed by atoms with Crippen molar-refractivity contribution in [3.63, 3.8) is 0 Å². The minimum absolute atomic E-state index is 0.209. The normalized spacial score (nSPS) is 12.4. The molecule has 2 amide bonds. The summed E-state index contributed by atoms with van der Waals surface area (Å²) in [5.74, 6) is -0.913. The number of amides is 2. The Morgan fingerprint density at radius 2 is 1.67 bits per heavy atom. The maximum Gasteiger partial charge on any atom is 0.357 e. The van der Waals surface area contributed by atoms with Gasteiger partial charge in [-0.3, -0.25) is 4.57 Å². The molecule has 0 radical (unpaired) electrons. The Bertz CT molecular complexity index is 801. The molecule has 0 aliphatic carbocycles. The fourth-order valence-electron chi connectivity index (χ4n) is 2.68. The fraction of sp³-hybridized carbons (Fsp3) is 0.350. The number of hydrogen-bond acceptors (Lipinski definition) is 4. The smallest absolute Gasteiger partial charge is 0.320 e. The SMILES string of the molecule is CCOP(=O)(OCC)[C@@H](NC(=O)Nc1cc(C)ccc1C)c1ccccc1. The molecule has 0 spiro atoms. The van der Waals surface area contributed by atoms with Crippen LogP contribution < -0.4 is 10.6 Å². The van der Waals surface area contributed by atoms with Crippen molar-refractivity contribution in [2.45, 2.75) is 33.5 Å². The standard InChI is InChI=1S/C20H27N2O4P/c1-5-25-27(24,26-6-2)19(17-10-8-7-9-11-17)22-20(23)21-18-14-15(3)12-13-16(18)4/h7-14,19H,5-6H2,1-4H3,(H2,21,22,23)/t19-/m1/s1. The van der Waals surface area contributed by atoms with Gasteiger partial charge >= 0.3 is 13.6 Å². The van der Waals surface area contributed by atoms with Crippen LogP contribution in [0, 0.1) is 13.8 Å². The molecule has 0 aliphatic rings. The summed E-state index contributed by atoms with van der Waals surface area (Å²) < 4.78 is 24.3. The monoisotopic (exact) mass is 390 g/mol. The third kappa shape index (κ3) is 5.67. The molecule has 0 unspecified atom stereocenters. The van der Waals surface area contributed by atoms with Gasteiger partial charge < -0.3 is 19.7 Å². The Morgan fingerprint density at radius 3 is 2.26 bits per heavy atom. The molecule has 2 aromatic carbocycles. The average Bonchev–Trinajstić information content (AvgIpc) is 2.64. The summed E-state index contributed by atoms with van der Waals surface area (Å²) in [6.07, 6.45) is 0. The molecule has 0 saturated heterocycles. The second kappa shape index (κ2) is 9.70. The maximum absolute atomic E-state index is 13.3. The minimum atomic E-state index is -3.60. The number of anilines is 1. The summed E-state index contributed by atoms with van der Waals surface area (Å²) in [5, 5.41) is 5.60. The van der Waals surface area contributed by atoms with Crippen LogP contribution in [0.15, 0.2) is 48.5 Å². The highest BCUT2D eigenvalue weighted by molar-refractivity contribution is 7.54. The third-order valence-electron chi connectivity index (χ3n) is 3.96. The molecular weight excluding hydrogens is 363 g/mol. The Balaban J connectivity index is 2.29. The molecule has 27 heavy (non-hydrogen) atoms. The topological polar surface area (TPSA) is 76.7 Å². The number of carbonyl (C=O) groups excluding carboxylic acids is 1. The predicted molar refractivity (Wildman–Crippen MR) is 108 cm³/mol. The molecule has 0 saturated carbocycles. The second-order valence-corrected chi connectivity index (χ2v) is 8.22. The Labute approximate surface area is 160 Å². The predicted octanol–water partition coefficient (Wildman–Crippen LogP) is 5.39. The molecule has 2 aromatic rings. The lowest BCUT2D eigenvalue weighted by Crippen LogP contribution is -2.33. The van der Waals surface area contributed by atoms with E-state index in [0.717, 1.165) is 11.1 Å². The van der Waals surface area contributed by atoms with Crippen molar-refractivity contribution >= 4 is 19.3 Å². The van der Waals surface area contributed by atoms with Crippen LogP contribution in [0.4, 0.5) is 10.5 Å². The molecule has 6 nitrogen and oxygen atoms in total. The van der Waals surface area contributed by atoms with E-state index < -0.39 is 19.4 Å². The van der Waals surface area contributed by atoms with Crippen molar-refractivity contribution in [1.82, 2.24) is 5.32 Å². The van der Waals surface area contributed by atoms with Gasteiger partial charge in [-0.15, -0.1) is 0 Å². The zero-order valence-electron chi connectivity index (χ0n) is 16.2. The lowest BCUT2D eigenvalue weighted by Gasteiger charge is -2.27. The van der Waals surface area contributed by atoms with Gasteiger partial charge in [0.05, 0.1) is 13.2 Å². The highest BCUT2D eigenvalue weighted by Crippen LogP contribution is 2.59. The van der Waals surface area contributed by atoms with Crippen LogP contribution in [0.3, 0.4) is 0 Å². The first-order chi connectivity index (χ1) is 12.9. The summed E-state index contributed by atoms with van der Waals surface area (Å²) in [4.78, 5) is 12.7. The van der Waals surface area contributed by atoms with Crippen molar-refractivity contribution in [3.8, 4) is 0 Å². The number of nitrogens with one attached hydrogen (secondary N) is 2. The van der Waals surface area contributed by atoms with Crippen molar-refractivity contribution in [2.75, 3.05) is 18.5 Å². The van der Waals surface area contributed by atoms with Crippen LogP contribution in [-0.2, 0) is 13.6 Å². The first kappa shape index (κ1) is 21.2. The van der Waals surface area contributed by atoms with Crippen molar-refractivity contribution < 1.29 is 18.4 Å². The number of benzene rings is 2. The maximum atomic E-state index is 13.3. The highest BCUT2D eigenvalue weighted by atomic mass is 31.2. The minimum Gasteiger partial charge on any atom is -0.320 e. The van der Waals surface area contributed by atoms with Gasteiger partial charge in [-0.2, -0.15) is 0 Å². The van der Waals surface area contributed by atoms with E-state index in [9.17, 15) is 9.36 Å². The molecular formula is C20H27N2O4P. The number of aryl methyl sites for hydroxylation is 2. The van der Waals surface area contributed by atoms with E-state index in [2.05, 4.69) is 10.6 Å². The van der Waals surface area contributed by atoms with Crippen LogP contribution in [0.5, 0.6) is 0 Å². The van der Waals surface area contributed by atoms with Crippen molar-refractivity contribution in [2.24, 2.45) is 0 Å². The molecule has 0 heterocycles. The lowest BCUT2D eigenvalue weighted by atomic mass is 10.1. The van der Waals surface area contributed by atoms with Crippen LogP contribution >= 0.6 is 7.60 Å². The van der Waals surface area contributed by atoms with E-state index in [4.69, 9.17) is 9.05 Å². The molecule has 7 heteroatoms. The van der Waals surface area contributed by atoms with E-state index in [1.807, 2.05) is 50.2 Å². The van der Waals surface area contributed by atoms with E-state index >= 15 is 0 Å². The molecule has 2 rings (SSSR count). The van der Waals surface area contributed by atoms with Crippen LogP contribution in [-0.4, -0.2) is 19.2 Å². The molecule has 1 atom stereocenters. The van der Waals surface area contributed by atoms with Crippen molar-refractivity contribution in [3.05, 3.63) is 65.2 Å². The number of carbonyl (C=O) groups is 1. The number of hydrogen-bond donors (Lipinski definition) is 2. The Morgan fingerprint density at radius 1 is 1.04 bits per heavy atom. The summed E-state index contributed by atoms with van der Waals surface area (Å²) in [7, 11) is -3.60. The van der Waals surface area contributed by atoms with Gasteiger partial charge in [0.25, 0.3) is 0 Å². The van der Waals surface area contributed by atoms with Gasteiger partial charge in [-0.25, -0.2) is 4.79 Å². The fourth-order valence-corrected chi connectivity index (χ4v) is 4.58. The quantitative estimate of drug-likeness (QED) is 0.593. The molecule has 0 aliphatic heterocycles. The molecule has 0 bridgehead atoms. The van der Waals surface area contributed by atoms with E-state index in [0.29, 0.717) is 11.3 Å². The van der Waals surface area contributed by atoms with Gasteiger partial charge in [0, 0.05) is 5.69 Å². The Hall–Kier alpha value is -2.14. The molecule has 2 N–H and O–H groups in total. The highest BCUT2D eigenvalue weighted by Gasteiger charge is 2.38. The zero-order chi connectivity index (χ0) is 19.9. The van der Waals surface area contributed by atoms with Crippen LogP contribution in [0.2, 0.25) is 0 Å². The first-order valence-electron chi connectivity index (χ1n) is 8.98. The van der Waals surface area contributed by atoms with E-state index in [1.165, 1.54) is 0 Å². The molecule has 0 fully saturated rings. The zero-order valence-corrected chi connectivity index (χ0v) is 17.1. The van der Waals surface area contributed by atoms with Gasteiger partial charge in [0.15, 0.2) is 5.78 Å². The number of urea groups is 1. The summed E-state index contributed by atoms with van der Waals surface area (Å²) in [6.45, 7) is 7.76. The first-order valence-corrected chi connectivity index (χ1v) is 10.6. The molecule has 0 aromatic heterocycles. The van der Waals surface area contributed by atoms with Gasteiger partial charge in [-0.1, -0.05) is 42.5 Å². The largest absolute Gasteiger partial charge is 0.357 e. The van der Waals surface area contributed by atoms with E-state index in [1.54, 1.807) is 26.0 Å². The summed E-state index contributed by atoms with van der Waals surface area (Å²) in [5.41, 5.74) is 3.32. The number of rotatable bonds is 8. The molecule has 146 valence electrons.